The predicted octanol–water partition coefficient (Wildman–Crippen LogP) is 1.04. The fourth-order valence-corrected chi connectivity index (χ4v) is 4.09. The number of carboxylic acid groups (broad SMARTS) is 1. The summed E-state index contributed by atoms with van der Waals surface area (Å²) in [7, 11) is -3.35. The number of carboxylic acids is 1. The van der Waals surface area contributed by atoms with E-state index in [1.54, 1.807) is 0 Å². The Morgan fingerprint density at radius 3 is 2.70 bits per heavy atom. The molecule has 0 saturated carbocycles. The van der Waals surface area contributed by atoms with Crippen LogP contribution in [0, 0.1) is 0 Å². The Kier molecular flexibility index (Phi) is 7.47. The summed E-state index contributed by atoms with van der Waals surface area (Å²) >= 11 is 0. The van der Waals surface area contributed by atoms with Gasteiger partial charge >= 0.3 is 5.97 Å². The minimum Gasteiger partial charge on any atom is -0.481 e. The van der Waals surface area contributed by atoms with E-state index in [-0.39, 0.29) is 24.6 Å². The molecular weight excluding hydrogens is 280 g/mol. The van der Waals surface area contributed by atoms with Crippen molar-refractivity contribution < 1.29 is 18.3 Å². The van der Waals surface area contributed by atoms with Gasteiger partial charge in [-0.25, -0.2) is 12.7 Å². The van der Waals surface area contributed by atoms with Crippen LogP contribution in [0.15, 0.2) is 0 Å². The third kappa shape index (κ3) is 6.19. The molecule has 1 aliphatic heterocycles. The second-order valence-electron chi connectivity index (χ2n) is 5.32. The van der Waals surface area contributed by atoms with E-state index in [4.69, 9.17) is 5.11 Å². The molecule has 118 valence electrons. The van der Waals surface area contributed by atoms with E-state index >= 15 is 0 Å². The largest absolute Gasteiger partial charge is 0.481 e. The zero-order valence-electron chi connectivity index (χ0n) is 12.2. The highest BCUT2D eigenvalue weighted by Gasteiger charge is 2.25. The first-order valence-electron chi connectivity index (χ1n) is 7.38. The number of sulfonamides is 1. The topological polar surface area (TPSA) is 86.7 Å². The minimum atomic E-state index is -3.35. The summed E-state index contributed by atoms with van der Waals surface area (Å²) in [6.07, 6.45) is 4.14. The molecule has 20 heavy (non-hydrogen) atoms. The summed E-state index contributed by atoms with van der Waals surface area (Å²) in [5.41, 5.74) is 0. The molecule has 1 fully saturated rings. The van der Waals surface area contributed by atoms with E-state index in [1.807, 2.05) is 6.92 Å². The van der Waals surface area contributed by atoms with Crippen LogP contribution in [0.2, 0.25) is 0 Å². The molecule has 0 aromatic rings. The van der Waals surface area contributed by atoms with Crippen LogP contribution in [0.3, 0.4) is 0 Å². The number of nitrogens with zero attached hydrogens (tertiary/aromatic N) is 1. The van der Waals surface area contributed by atoms with Gasteiger partial charge in [0.25, 0.3) is 0 Å². The van der Waals surface area contributed by atoms with Gasteiger partial charge in [-0.05, 0) is 32.2 Å². The predicted molar refractivity (Wildman–Crippen MR) is 78.2 cm³/mol. The van der Waals surface area contributed by atoms with E-state index < -0.39 is 16.0 Å². The van der Waals surface area contributed by atoms with Crippen molar-refractivity contribution in [2.45, 2.75) is 51.5 Å². The minimum absolute atomic E-state index is 0.0774. The molecular formula is C13H26N2O4S. The Balaban J connectivity index is 2.55. The van der Waals surface area contributed by atoms with E-state index in [2.05, 4.69) is 5.32 Å². The smallest absolute Gasteiger partial charge is 0.303 e. The van der Waals surface area contributed by atoms with Crippen LogP contribution in [0.25, 0.3) is 0 Å². The van der Waals surface area contributed by atoms with Crippen LogP contribution in [0.4, 0.5) is 0 Å². The third-order valence-corrected chi connectivity index (χ3v) is 5.42. The van der Waals surface area contributed by atoms with E-state index in [9.17, 15) is 13.2 Å². The molecule has 1 unspecified atom stereocenters. The summed E-state index contributed by atoms with van der Waals surface area (Å²) in [5.74, 6) is -1.03. The number of nitrogens with one attached hydrogen (secondary N) is 1. The van der Waals surface area contributed by atoms with Gasteiger partial charge in [0.1, 0.15) is 0 Å². The third-order valence-electron chi connectivity index (χ3n) is 3.50. The molecule has 0 bridgehead atoms. The van der Waals surface area contributed by atoms with Crippen molar-refractivity contribution in [2.24, 2.45) is 0 Å². The summed E-state index contributed by atoms with van der Waals surface area (Å²) in [5, 5.41) is 11.9. The van der Waals surface area contributed by atoms with Crippen LogP contribution >= 0.6 is 0 Å². The van der Waals surface area contributed by atoms with E-state index in [1.165, 1.54) is 4.31 Å². The molecule has 1 rings (SSSR count). The standard InChI is InChI=1S/C13H26N2O4S/c1-2-9-15(11-12-6-3-4-8-14-12)20(18,19)10-5-7-13(16)17/h12,14H,2-11H2,1H3,(H,16,17). The van der Waals surface area contributed by atoms with Gasteiger partial charge in [0.15, 0.2) is 0 Å². The Morgan fingerprint density at radius 2 is 2.15 bits per heavy atom. The Morgan fingerprint density at radius 1 is 1.40 bits per heavy atom. The van der Waals surface area contributed by atoms with Crippen molar-refractivity contribution >= 4 is 16.0 Å². The molecule has 1 heterocycles. The molecule has 0 spiro atoms. The van der Waals surface area contributed by atoms with Crippen molar-refractivity contribution in [2.75, 3.05) is 25.4 Å². The number of rotatable bonds is 9. The Bertz CT molecular complexity index is 391. The van der Waals surface area contributed by atoms with Gasteiger partial charge in [0.2, 0.25) is 10.0 Å². The van der Waals surface area contributed by atoms with Gasteiger partial charge in [-0.15, -0.1) is 0 Å². The lowest BCUT2D eigenvalue weighted by atomic mass is 10.1. The Hall–Kier alpha value is -0.660. The maximum absolute atomic E-state index is 12.3. The second kappa shape index (κ2) is 8.59. The van der Waals surface area contributed by atoms with Crippen LogP contribution in [-0.4, -0.2) is 55.2 Å². The van der Waals surface area contributed by atoms with Gasteiger partial charge in [-0.1, -0.05) is 13.3 Å². The quantitative estimate of drug-likeness (QED) is 0.664. The zero-order chi connectivity index (χ0) is 15.0. The zero-order valence-corrected chi connectivity index (χ0v) is 13.0. The summed E-state index contributed by atoms with van der Waals surface area (Å²) < 4.78 is 26.1. The van der Waals surface area contributed by atoms with Gasteiger partial charge < -0.3 is 10.4 Å². The molecule has 0 radical (unpaired) electrons. The molecule has 1 atom stereocenters. The molecule has 1 aliphatic rings. The number of hydrogen-bond acceptors (Lipinski definition) is 4. The number of piperidine rings is 1. The highest BCUT2D eigenvalue weighted by Crippen LogP contribution is 2.13. The van der Waals surface area contributed by atoms with Crippen molar-refractivity contribution in [1.82, 2.24) is 9.62 Å². The first kappa shape index (κ1) is 17.4. The van der Waals surface area contributed by atoms with Crippen molar-refractivity contribution in [3.05, 3.63) is 0 Å². The molecule has 1 saturated heterocycles. The monoisotopic (exact) mass is 306 g/mol. The van der Waals surface area contributed by atoms with Gasteiger partial charge in [0, 0.05) is 25.6 Å². The number of carbonyl (C=O) groups is 1. The molecule has 0 aromatic carbocycles. The second-order valence-corrected chi connectivity index (χ2v) is 7.41. The summed E-state index contributed by atoms with van der Waals surface area (Å²) in [4.78, 5) is 10.5. The summed E-state index contributed by atoms with van der Waals surface area (Å²) in [6, 6.07) is 0.226. The van der Waals surface area contributed by atoms with Crippen molar-refractivity contribution in [3.63, 3.8) is 0 Å². The average Bonchev–Trinajstić information content (AvgIpc) is 2.38. The summed E-state index contributed by atoms with van der Waals surface area (Å²) in [6.45, 7) is 3.91. The highest BCUT2D eigenvalue weighted by atomic mass is 32.2. The highest BCUT2D eigenvalue weighted by molar-refractivity contribution is 7.89. The lowest BCUT2D eigenvalue weighted by Gasteiger charge is -2.30. The van der Waals surface area contributed by atoms with Gasteiger partial charge in [-0.2, -0.15) is 0 Å². The van der Waals surface area contributed by atoms with Gasteiger partial charge in [-0.3, -0.25) is 4.79 Å². The van der Waals surface area contributed by atoms with Crippen molar-refractivity contribution in [1.29, 1.82) is 0 Å². The molecule has 6 nitrogen and oxygen atoms in total. The molecule has 0 amide bonds. The van der Waals surface area contributed by atoms with E-state index in [0.29, 0.717) is 13.1 Å². The van der Waals surface area contributed by atoms with Crippen LogP contribution in [0.5, 0.6) is 0 Å². The van der Waals surface area contributed by atoms with Crippen LogP contribution < -0.4 is 5.32 Å². The average molecular weight is 306 g/mol. The number of hydrogen-bond donors (Lipinski definition) is 2. The lowest BCUT2D eigenvalue weighted by Crippen LogP contribution is -2.46. The van der Waals surface area contributed by atoms with E-state index in [0.717, 1.165) is 32.2 Å². The molecule has 7 heteroatoms. The maximum Gasteiger partial charge on any atom is 0.303 e. The van der Waals surface area contributed by atoms with Crippen LogP contribution in [0.1, 0.15) is 45.4 Å². The number of aliphatic carboxylic acids is 1. The molecule has 0 aromatic heterocycles. The fourth-order valence-electron chi connectivity index (χ4n) is 2.45. The normalized spacial score (nSPS) is 20.2. The molecule has 2 N–H and O–H groups in total. The first-order chi connectivity index (χ1) is 9.45. The van der Waals surface area contributed by atoms with Crippen LogP contribution in [-0.2, 0) is 14.8 Å². The van der Waals surface area contributed by atoms with Crippen molar-refractivity contribution in [3.8, 4) is 0 Å². The lowest BCUT2D eigenvalue weighted by molar-refractivity contribution is -0.137. The first-order valence-corrected chi connectivity index (χ1v) is 8.99. The molecule has 0 aliphatic carbocycles. The fraction of sp³-hybridized carbons (Fsp3) is 0.923. The van der Waals surface area contributed by atoms with Gasteiger partial charge in [0.05, 0.1) is 5.75 Å². The maximum atomic E-state index is 12.3. The SMILES string of the molecule is CCCN(CC1CCCCN1)S(=O)(=O)CCCC(=O)O. The Labute approximate surface area is 121 Å².